The lowest BCUT2D eigenvalue weighted by Crippen LogP contribution is -2.39. The minimum absolute atomic E-state index is 0.149. The van der Waals surface area contributed by atoms with Gasteiger partial charge in [0.15, 0.2) is 12.2 Å². The Morgan fingerprint density at radius 3 is 3.21 bits per heavy atom. The van der Waals surface area contributed by atoms with Crippen LogP contribution in [-0.4, -0.2) is 33.8 Å². The Balaban J connectivity index is 2.22. The van der Waals surface area contributed by atoms with E-state index in [0.717, 1.165) is 0 Å². The summed E-state index contributed by atoms with van der Waals surface area (Å²) >= 11 is 0. The van der Waals surface area contributed by atoms with Crippen molar-refractivity contribution in [2.75, 3.05) is 6.54 Å². The average Bonchev–Trinajstić information content (AvgIpc) is 2.69. The minimum atomic E-state index is -0.178. The monoisotopic (exact) mass is 199 g/mol. The van der Waals surface area contributed by atoms with Gasteiger partial charge in [-0.15, -0.1) is 0 Å². The van der Waals surface area contributed by atoms with E-state index in [1.807, 2.05) is 0 Å². The molecule has 0 aliphatic carbocycles. The molecule has 0 aliphatic heterocycles. The molecule has 0 amide bonds. The van der Waals surface area contributed by atoms with Crippen molar-refractivity contribution in [1.82, 2.24) is 15.5 Å². The predicted molar refractivity (Wildman–Crippen MR) is 48.9 cm³/mol. The Kier molecular flexibility index (Phi) is 3.86. The zero-order valence-corrected chi connectivity index (χ0v) is 7.84. The first-order chi connectivity index (χ1) is 6.74. The van der Waals surface area contributed by atoms with Crippen LogP contribution in [0, 0.1) is 0 Å². The third-order valence-electron chi connectivity index (χ3n) is 1.76. The molecule has 0 radical (unpaired) electrons. The Morgan fingerprint density at radius 2 is 2.64 bits per heavy atom. The highest BCUT2D eigenvalue weighted by atomic mass is 16.5. The summed E-state index contributed by atoms with van der Waals surface area (Å²) in [5, 5.41) is 17.8. The smallest absolute Gasteiger partial charge is 0.227 e. The molecule has 7 nitrogen and oxygen atoms in total. The van der Waals surface area contributed by atoms with Gasteiger partial charge in [0.1, 0.15) is 0 Å². The van der Waals surface area contributed by atoms with Gasteiger partial charge in [-0.25, -0.2) is 0 Å². The quantitative estimate of drug-likeness (QED) is 0.251. The molecule has 0 spiro atoms. The van der Waals surface area contributed by atoms with Gasteiger partial charge in [-0.05, 0) is 6.92 Å². The van der Waals surface area contributed by atoms with Crippen molar-refractivity contribution in [1.29, 1.82) is 0 Å². The lowest BCUT2D eigenvalue weighted by molar-refractivity contribution is 0.315. The second-order valence-corrected chi connectivity index (χ2v) is 2.79. The SMILES string of the molecule is CC(NCCc1ncno1)C(N)=NO. The Bertz CT molecular complexity index is 284. The zero-order chi connectivity index (χ0) is 10.4. The molecule has 0 saturated carbocycles. The number of nitrogens with two attached hydrogens (primary N) is 1. The van der Waals surface area contributed by atoms with Crippen molar-refractivity contribution in [3.8, 4) is 0 Å². The molecular formula is C7H13N5O2. The number of rotatable bonds is 5. The van der Waals surface area contributed by atoms with Crippen LogP contribution in [0.4, 0.5) is 0 Å². The van der Waals surface area contributed by atoms with Gasteiger partial charge in [-0.1, -0.05) is 10.3 Å². The normalized spacial score (nSPS) is 14.2. The predicted octanol–water partition coefficient (Wildman–Crippen LogP) is -0.663. The number of aromatic nitrogens is 2. The van der Waals surface area contributed by atoms with Gasteiger partial charge in [0.25, 0.3) is 0 Å². The van der Waals surface area contributed by atoms with E-state index in [1.54, 1.807) is 6.92 Å². The van der Waals surface area contributed by atoms with E-state index in [0.29, 0.717) is 18.9 Å². The molecule has 1 unspecified atom stereocenters. The molecule has 0 bridgehead atoms. The molecule has 14 heavy (non-hydrogen) atoms. The largest absolute Gasteiger partial charge is 0.409 e. The summed E-state index contributed by atoms with van der Waals surface area (Å²) in [4.78, 5) is 3.85. The fraction of sp³-hybridized carbons (Fsp3) is 0.571. The standard InChI is InChI=1S/C7H13N5O2/c1-5(7(8)12-13)9-3-2-6-10-4-11-14-6/h4-5,9,13H,2-3H2,1H3,(H2,8,12). The first-order valence-corrected chi connectivity index (χ1v) is 4.20. The van der Waals surface area contributed by atoms with Gasteiger partial charge in [0, 0.05) is 13.0 Å². The first-order valence-electron chi connectivity index (χ1n) is 4.20. The topological polar surface area (TPSA) is 110 Å². The molecular weight excluding hydrogens is 186 g/mol. The van der Waals surface area contributed by atoms with E-state index in [9.17, 15) is 0 Å². The lowest BCUT2D eigenvalue weighted by atomic mass is 10.3. The van der Waals surface area contributed by atoms with E-state index >= 15 is 0 Å². The van der Waals surface area contributed by atoms with Crippen LogP contribution in [0.25, 0.3) is 0 Å². The second-order valence-electron chi connectivity index (χ2n) is 2.79. The van der Waals surface area contributed by atoms with Crippen LogP contribution in [-0.2, 0) is 6.42 Å². The summed E-state index contributed by atoms with van der Waals surface area (Å²) in [7, 11) is 0. The highest BCUT2D eigenvalue weighted by molar-refractivity contribution is 5.84. The van der Waals surface area contributed by atoms with E-state index in [1.165, 1.54) is 6.33 Å². The molecule has 7 heteroatoms. The molecule has 1 heterocycles. The Morgan fingerprint density at radius 1 is 1.86 bits per heavy atom. The van der Waals surface area contributed by atoms with Crippen molar-refractivity contribution in [3.05, 3.63) is 12.2 Å². The summed E-state index contributed by atoms with van der Waals surface area (Å²) in [6.07, 6.45) is 1.96. The summed E-state index contributed by atoms with van der Waals surface area (Å²) in [5.41, 5.74) is 5.36. The third kappa shape index (κ3) is 3.02. The van der Waals surface area contributed by atoms with Crippen LogP contribution in [0.1, 0.15) is 12.8 Å². The number of hydrogen-bond acceptors (Lipinski definition) is 6. The van der Waals surface area contributed by atoms with Gasteiger partial charge in [0.05, 0.1) is 6.04 Å². The lowest BCUT2D eigenvalue weighted by Gasteiger charge is -2.10. The second kappa shape index (κ2) is 5.18. The highest BCUT2D eigenvalue weighted by Gasteiger charge is 2.06. The van der Waals surface area contributed by atoms with Gasteiger partial charge in [0.2, 0.25) is 5.89 Å². The Hall–Kier alpha value is -1.63. The molecule has 1 atom stereocenters. The molecule has 0 fully saturated rings. The van der Waals surface area contributed by atoms with Crippen LogP contribution in [0.5, 0.6) is 0 Å². The molecule has 0 aromatic carbocycles. The van der Waals surface area contributed by atoms with Crippen molar-refractivity contribution in [3.63, 3.8) is 0 Å². The average molecular weight is 199 g/mol. The summed E-state index contributed by atoms with van der Waals surface area (Å²) < 4.78 is 4.79. The summed E-state index contributed by atoms with van der Waals surface area (Å²) in [6.45, 7) is 2.42. The summed E-state index contributed by atoms with van der Waals surface area (Å²) in [5.74, 6) is 0.708. The van der Waals surface area contributed by atoms with Crippen LogP contribution < -0.4 is 11.1 Å². The van der Waals surface area contributed by atoms with Gasteiger partial charge >= 0.3 is 0 Å². The zero-order valence-electron chi connectivity index (χ0n) is 7.84. The maximum absolute atomic E-state index is 8.37. The molecule has 0 aliphatic rings. The fourth-order valence-electron chi connectivity index (χ4n) is 0.893. The van der Waals surface area contributed by atoms with Crippen LogP contribution >= 0.6 is 0 Å². The Labute approximate surface area is 81.0 Å². The minimum Gasteiger partial charge on any atom is -0.409 e. The van der Waals surface area contributed by atoms with Crippen LogP contribution in [0.15, 0.2) is 16.0 Å². The van der Waals surface area contributed by atoms with Gasteiger partial charge < -0.3 is 20.8 Å². The molecule has 0 saturated heterocycles. The summed E-state index contributed by atoms with van der Waals surface area (Å²) in [6, 6.07) is -0.178. The number of hydrogen-bond donors (Lipinski definition) is 3. The highest BCUT2D eigenvalue weighted by Crippen LogP contribution is 1.91. The number of nitrogens with one attached hydrogen (secondary N) is 1. The van der Waals surface area contributed by atoms with E-state index in [-0.39, 0.29) is 11.9 Å². The number of nitrogens with zero attached hydrogens (tertiary/aromatic N) is 3. The molecule has 1 aromatic heterocycles. The first kappa shape index (κ1) is 10.5. The molecule has 1 rings (SSSR count). The van der Waals surface area contributed by atoms with Crippen LogP contribution in [0.2, 0.25) is 0 Å². The molecule has 1 aromatic rings. The van der Waals surface area contributed by atoms with Crippen molar-refractivity contribution < 1.29 is 9.73 Å². The third-order valence-corrected chi connectivity index (χ3v) is 1.76. The van der Waals surface area contributed by atoms with Crippen molar-refractivity contribution in [2.24, 2.45) is 10.9 Å². The van der Waals surface area contributed by atoms with Gasteiger partial charge in [-0.2, -0.15) is 4.98 Å². The molecule has 4 N–H and O–H groups in total. The van der Waals surface area contributed by atoms with E-state index in [2.05, 4.69) is 20.6 Å². The maximum Gasteiger partial charge on any atom is 0.227 e. The van der Waals surface area contributed by atoms with E-state index in [4.69, 9.17) is 15.5 Å². The fourth-order valence-corrected chi connectivity index (χ4v) is 0.893. The molecule has 78 valence electrons. The number of amidine groups is 1. The van der Waals surface area contributed by atoms with E-state index < -0.39 is 0 Å². The van der Waals surface area contributed by atoms with Crippen LogP contribution in [0.3, 0.4) is 0 Å². The van der Waals surface area contributed by atoms with Gasteiger partial charge in [-0.3, -0.25) is 0 Å². The van der Waals surface area contributed by atoms with Crippen molar-refractivity contribution >= 4 is 5.84 Å². The maximum atomic E-state index is 8.37. The number of oxime groups is 1. The van der Waals surface area contributed by atoms with Crippen molar-refractivity contribution in [2.45, 2.75) is 19.4 Å².